The molecule has 0 radical (unpaired) electrons. The number of nitrogens with zero attached hydrogens (tertiary/aromatic N) is 2. The third-order valence-electron chi connectivity index (χ3n) is 5.12. The van der Waals surface area contributed by atoms with Gasteiger partial charge in [-0.25, -0.2) is 0 Å². The zero-order valence-electron chi connectivity index (χ0n) is 15.8. The Morgan fingerprint density at radius 1 is 0.964 bits per heavy atom. The van der Waals surface area contributed by atoms with Crippen LogP contribution in [-0.2, 0) is 11.2 Å². The predicted octanol–water partition coefficient (Wildman–Crippen LogP) is 4.36. The van der Waals surface area contributed by atoms with Crippen LogP contribution in [-0.4, -0.2) is 35.0 Å². The smallest absolute Gasteiger partial charge is 0.227 e. The molecule has 0 spiro atoms. The first-order valence-electron chi connectivity index (χ1n) is 9.77. The standard InChI is InChI=1S/C24H24N2O2/c27-24(16-19-6-5-13-25-18-19)26-14-11-22(12-15-26)28-23-10-4-9-21(17-23)20-7-2-1-3-8-20/h1-10,13,17-18,22H,11-12,14-16H2. The van der Waals surface area contributed by atoms with E-state index in [4.69, 9.17) is 4.74 Å². The molecule has 0 N–H and O–H groups in total. The molecule has 1 saturated heterocycles. The average molecular weight is 372 g/mol. The van der Waals surface area contributed by atoms with E-state index < -0.39 is 0 Å². The lowest BCUT2D eigenvalue weighted by atomic mass is 10.0. The fourth-order valence-electron chi connectivity index (χ4n) is 3.58. The Hall–Kier alpha value is -3.14. The average Bonchev–Trinajstić information content (AvgIpc) is 2.76. The molecule has 0 atom stereocenters. The Kier molecular flexibility index (Phi) is 5.66. The van der Waals surface area contributed by atoms with Gasteiger partial charge in [0.05, 0.1) is 6.42 Å². The summed E-state index contributed by atoms with van der Waals surface area (Å²) in [6.07, 6.45) is 5.76. The Bertz CT molecular complexity index is 904. The van der Waals surface area contributed by atoms with E-state index in [2.05, 4.69) is 29.2 Å². The third-order valence-corrected chi connectivity index (χ3v) is 5.12. The number of piperidine rings is 1. The molecule has 0 saturated carbocycles. The molecule has 3 aromatic rings. The number of carbonyl (C=O) groups is 1. The number of rotatable bonds is 5. The van der Waals surface area contributed by atoms with Crippen LogP contribution in [0.15, 0.2) is 79.1 Å². The van der Waals surface area contributed by atoms with Crippen molar-refractivity contribution in [1.29, 1.82) is 0 Å². The highest BCUT2D eigenvalue weighted by Gasteiger charge is 2.24. The summed E-state index contributed by atoms with van der Waals surface area (Å²) in [4.78, 5) is 18.5. The lowest BCUT2D eigenvalue weighted by Gasteiger charge is -2.32. The summed E-state index contributed by atoms with van der Waals surface area (Å²) < 4.78 is 6.22. The topological polar surface area (TPSA) is 42.4 Å². The molecule has 28 heavy (non-hydrogen) atoms. The molecule has 0 aliphatic carbocycles. The second-order valence-corrected chi connectivity index (χ2v) is 7.13. The summed E-state index contributed by atoms with van der Waals surface area (Å²) in [5.41, 5.74) is 3.30. The number of ether oxygens (including phenoxy) is 1. The van der Waals surface area contributed by atoms with Crippen LogP contribution >= 0.6 is 0 Å². The molecule has 0 unspecified atom stereocenters. The van der Waals surface area contributed by atoms with Gasteiger partial charge in [0.2, 0.25) is 5.91 Å². The lowest BCUT2D eigenvalue weighted by molar-refractivity contribution is -0.132. The molecular formula is C24H24N2O2. The summed E-state index contributed by atoms with van der Waals surface area (Å²) in [7, 11) is 0. The van der Waals surface area contributed by atoms with Gasteiger partial charge >= 0.3 is 0 Å². The summed E-state index contributed by atoms with van der Waals surface area (Å²) in [6.45, 7) is 1.48. The van der Waals surface area contributed by atoms with Gasteiger partial charge in [-0.15, -0.1) is 0 Å². The van der Waals surface area contributed by atoms with E-state index in [1.807, 2.05) is 47.4 Å². The number of likely N-dealkylation sites (tertiary alicyclic amines) is 1. The van der Waals surface area contributed by atoms with E-state index in [0.717, 1.165) is 42.8 Å². The number of carbonyl (C=O) groups excluding carboxylic acids is 1. The number of amides is 1. The van der Waals surface area contributed by atoms with Gasteiger partial charge in [-0.3, -0.25) is 9.78 Å². The van der Waals surface area contributed by atoms with Crippen molar-refractivity contribution in [2.75, 3.05) is 13.1 Å². The van der Waals surface area contributed by atoms with Crippen molar-refractivity contribution in [3.05, 3.63) is 84.7 Å². The van der Waals surface area contributed by atoms with Crippen LogP contribution in [0.4, 0.5) is 0 Å². The van der Waals surface area contributed by atoms with Crippen LogP contribution < -0.4 is 4.74 Å². The molecule has 2 heterocycles. The summed E-state index contributed by atoms with van der Waals surface area (Å²) in [6, 6.07) is 22.4. The van der Waals surface area contributed by atoms with E-state index in [0.29, 0.717) is 6.42 Å². The molecule has 142 valence electrons. The van der Waals surface area contributed by atoms with Crippen molar-refractivity contribution < 1.29 is 9.53 Å². The van der Waals surface area contributed by atoms with Crippen LogP contribution in [0, 0.1) is 0 Å². The predicted molar refractivity (Wildman–Crippen MR) is 110 cm³/mol. The number of aromatic nitrogens is 1. The SMILES string of the molecule is O=C(Cc1cccnc1)N1CCC(Oc2cccc(-c3ccccc3)c2)CC1. The van der Waals surface area contributed by atoms with Crippen molar-refractivity contribution in [1.82, 2.24) is 9.88 Å². The maximum Gasteiger partial charge on any atom is 0.227 e. The van der Waals surface area contributed by atoms with E-state index in [-0.39, 0.29) is 12.0 Å². The van der Waals surface area contributed by atoms with Crippen LogP contribution in [0.25, 0.3) is 11.1 Å². The molecule has 1 aliphatic heterocycles. The van der Waals surface area contributed by atoms with E-state index in [9.17, 15) is 4.79 Å². The fourth-order valence-corrected chi connectivity index (χ4v) is 3.58. The molecule has 4 rings (SSSR count). The maximum absolute atomic E-state index is 12.5. The van der Waals surface area contributed by atoms with Gasteiger partial charge < -0.3 is 9.64 Å². The van der Waals surface area contributed by atoms with Gasteiger partial charge in [-0.05, 0) is 34.9 Å². The molecular weight excluding hydrogens is 348 g/mol. The monoisotopic (exact) mass is 372 g/mol. The molecule has 4 heteroatoms. The van der Waals surface area contributed by atoms with Gasteiger partial charge in [0.15, 0.2) is 0 Å². The summed E-state index contributed by atoms with van der Waals surface area (Å²) in [5.74, 6) is 1.05. The Morgan fingerprint density at radius 3 is 2.50 bits per heavy atom. The highest BCUT2D eigenvalue weighted by molar-refractivity contribution is 5.78. The summed E-state index contributed by atoms with van der Waals surface area (Å²) in [5, 5.41) is 0. The highest BCUT2D eigenvalue weighted by atomic mass is 16.5. The molecule has 1 aromatic heterocycles. The zero-order valence-corrected chi connectivity index (χ0v) is 15.8. The first kappa shape index (κ1) is 18.2. The molecule has 2 aromatic carbocycles. The highest BCUT2D eigenvalue weighted by Crippen LogP contribution is 2.26. The zero-order chi connectivity index (χ0) is 19.2. The number of hydrogen-bond donors (Lipinski definition) is 0. The first-order valence-corrected chi connectivity index (χ1v) is 9.77. The van der Waals surface area contributed by atoms with Gasteiger partial charge in [-0.2, -0.15) is 0 Å². The van der Waals surface area contributed by atoms with Gasteiger partial charge in [0.25, 0.3) is 0 Å². The maximum atomic E-state index is 12.5. The normalized spacial score (nSPS) is 14.6. The Morgan fingerprint density at radius 2 is 1.75 bits per heavy atom. The van der Waals surface area contributed by atoms with Crippen molar-refractivity contribution in [2.24, 2.45) is 0 Å². The molecule has 4 nitrogen and oxygen atoms in total. The van der Waals surface area contributed by atoms with E-state index in [1.54, 1.807) is 12.4 Å². The molecule has 1 amide bonds. The number of benzene rings is 2. The van der Waals surface area contributed by atoms with Crippen molar-refractivity contribution in [3.63, 3.8) is 0 Å². The number of hydrogen-bond acceptors (Lipinski definition) is 3. The second-order valence-electron chi connectivity index (χ2n) is 7.13. The first-order chi connectivity index (χ1) is 13.8. The van der Waals surface area contributed by atoms with Crippen LogP contribution in [0.3, 0.4) is 0 Å². The van der Waals surface area contributed by atoms with Crippen LogP contribution in [0.1, 0.15) is 18.4 Å². The minimum atomic E-state index is 0.147. The van der Waals surface area contributed by atoms with E-state index in [1.165, 1.54) is 5.56 Å². The minimum Gasteiger partial charge on any atom is -0.490 e. The van der Waals surface area contributed by atoms with Crippen LogP contribution in [0.2, 0.25) is 0 Å². The Labute approximate surface area is 165 Å². The molecule has 1 aliphatic rings. The largest absolute Gasteiger partial charge is 0.490 e. The van der Waals surface area contributed by atoms with Crippen molar-refractivity contribution in [2.45, 2.75) is 25.4 Å². The van der Waals surface area contributed by atoms with Gasteiger partial charge in [0.1, 0.15) is 11.9 Å². The molecule has 1 fully saturated rings. The quantitative estimate of drug-likeness (QED) is 0.668. The molecule has 0 bridgehead atoms. The van der Waals surface area contributed by atoms with Crippen LogP contribution in [0.5, 0.6) is 5.75 Å². The fraction of sp³-hybridized carbons (Fsp3) is 0.250. The number of pyridine rings is 1. The second kappa shape index (κ2) is 8.70. The minimum absolute atomic E-state index is 0.147. The van der Waals surface area contributed by atoms with Crippen molar-refractivity contribution in [3.8, 4) is 16.9 Å². The van der Waals surface area contributed by atoms with Gasteiger partial charge in [-0.1, -0.05) is 48.5 Å². The van der Waals surface area contributed by atoms with Gasteiger partial charge in [0, 0.05) is 38.3 Å². The van der Waals surface area contributed by atoms with Crippen molar-refractivity contribution >= 4 is 5.91 Å². The lowest BCUT2D eigenvalue weighted by Crippen LogP contribution is -2.42. The van der Waals surface area contributed by atoms with E-state index >= 15 is 0 Å². The summed E-state index contributed by atoms with van der Waals surface area (Å²) >= 11 is 0. The third kappa shape index (κ3) is 4.58. The Balaban J connectivity index is 1.32.